The molecule has 6 nitrogen and oxygen atoms in total. The van der Waals surface area contributed by atoms with E-state index in [9.17, 15) is 9.59 Å². The number of aliphatic hydroxyl groups is 1. The van der Waals surface area contributed by atoms with Gasteiger partial charge in [-0.05, 0) is 12.5 Å². The lowest BCUT2D eigenvalue weighted by atomic mass is 10.1. The van der Waals surface area contributed by atoms with Crippen molar-refractivity contribution in [3.63, 3.8) is 0 Å². The second kappa shape index (κ2) is 6.75. The summed E-state index contributed by atoms with van der Waals surface area (Å²) in [5.41, 5.74) is 2.11. The van der Waals surface area contributed by atoms with Gasteiger partial charge < -0.3 is 20.4 Å². The van der Waals surface area contributed by atoms with Gasteiger partial charge in [0.15, 0.2) is 6.10 Å². The average molecular weight is 266 g/mol. The number of hydrogen-bond acceptors (Lipinski definition) is 3. The fourth-order valence-corrected chi connectivity index (χ4v) is 1.45. The Labute approximate surface area is 111 Å². The zero-order valence-electron chi connectivity index (χ0n) is 11.0. The summed E-state index contributed by atoms with van der Waals surface area (Å²) >= 11 is 0. The average Bonchev–Trinajstić information content (AvgIpc) is 2.37. The molecule has 0 aliphatic carbocycles. The molecule has 0 saturated heterocycles. The van der Waals surface area contributed by atoms with Gasteiger partial charge in [0.1, 0.15) is 0 Å². The maximum absolute atomic E-state index is 11.7. The summed E-state index contributed by atoms with van der Waals surface area (Å²) in [6.07, 6.45) is -1.59. The summed E-state index contributed by atoms with van der Waals surface area (Å²) in [4.78, 5) is 23.5. The number of hydrogen-bond donors (Lipinski definition) is 3. The third-order valence-electron chi connectivity index (χ3n) is 2.62. The minimum absolute atomic E-state index is 0.313. The first kappa shape index (κ1) is 15.0. The number of aliphatic hydroxyl groups excluding tert-OH is 1. The topological polar surface area (TPSA) is 89.9 Å². The molecule has 1 unspecified atom stereocenters. The molecule has 0 spiro atoms. The van der Waals surface area contributed by atoms with Crippen LogP contribution in [0.25, 0.3) is 0 Å². The van der Waals surface area contributed by atoms with Crippen LogP contribution in [-0.2, 0) is 11.3 Å². The fourth-order valence-electron chi connectivity index (χ4n) is 1.45. The third-order valence-corrected chi connectivity index (χ3v) is 2.62. The fraction of sp³-hybridized carbons (Fsp3) is 0.385. The van der Waals surface area contributed by atoms with E-state index in [1.807, 2.05) is 31.2 Å². The standard InChI is InChI=1S/C13H18N2O4/c1-9-3-5-10(6-4-9)8-15(2)13(19)14-7-11(16)12(17)18/h3-6,11,16H,7-8H2,1-2H3,(H,14,19)(H,17,18). The predicted octanol–water partition coefficient (Wildman–Crippen LogP) is 0.582. The van der Waals surface area contributed by atoms with Crippen molar-refractivity contribution >= 4 is 12.0 Å². The molecular weight excluding hydrogens is 248 g/mol. The van der Waals surface area contributed by atoms with Gasteiger partial charge in [-0.2, -0.15) is 0 Å². The molecule has 0 heterocycles. The Hall–Kier alpha value is -2.08. The number of carboxylic acid groups (broad SMARTS) is 1. The Morgan fingerprint density at radius 2 is 1.89 bits per heavy atom. The Bertz CT molecular complexity index is 444. The predicted molar refractivity (Wildman–Crippen MR) is 69.7 cm³/mol. The highest BCUT2D eigenvalue weighted by atomic mass is 16.4. The first-order valence-electron chi connectivity index (χ1n) is 5.85. The first-order chi connectivity index (χ1) is 8.90. The van der Waals surface area contributed by atoms with Gasteiger partial charge in [-0.25, -0.2) is 9.59 Å². The molecule has 1 rings (SSSR count). The van der Waals surface area contributed by atoms with E-state index in [1.165, 1.54) is 4.90 Å². The van der Waals surface area contributed by atoms with E-state index in [4.69, 9.17) is 10.2 Å². The van der Waals surface area contributed by atoms with Crippen molar-refractivity contribution in [2.24, 2.45) is 0 Å². The third kappa shape index (κ3) is 4.97. The van der Waals surface area contributed by atoms with Crippen LogP contribution in [0, 0.1) is 6.92 Å². The Kier molecular flexibility index (Phi) is 5.32. The van der Waals surface area contributed by atoms with Crippen LogP contribution in [-0.4, -0.2) is 46.8 Å². The highest BCUT2D eigenvalue weighted by molar-refractivity contribution is 5.76. The van der Waals surface area contributed by atoms with Crippen molar-refractivity contribution in [3.05, 3.63) is 35.4 Å². The maximum atomic E-state index is 11.7. The largest absolute Gasteiger partial charge is 0.479 e. The van der Waals surface area contributed by atoms with E-state index < -0.39 is 18.1 Å². The van der Waals surface area contributed by atoms with Crippen molar-refractivity contribution < 1.29 is 19.8 Å². The lowest BCUT2D eigenvalue weighted by Crippen LogP contribution is -2.42. The number of carboxylic acids is 1. The minimum atomic E-state index is -1.59. The number of urea groups is 1. The van der Waals surface area contributed by atoms with Crippen LogP contribution in [0.2, 0.25) is 0 Å². The molecule has 0 saturated carbocycles. The second-order valence-electron chi connectivity index (χ2n) is 4.38. The maximum Gasteiger partial charge on any atom is 0.334 e. The van der Waals surface area contributed by atoms with Gasteiger partial charge in [0.25, 0.3) is 0 Å². The molecule has 0 fully saturated rings. The molecule has 0 bridgehead atoms. The molecule has 0 radical (unpaired) electrons. The van der Waals surface area contributed by atoms with Crippen LogP contribution in [0.15, 0.2) is 24.3 Å². The Morgan fingerprint density at radius 3 is 2.42 bits per heavy atom. The smallest absolute Gasteiger partial charge is 0.334 e. The molecule has 1 aromatic carbocycles. The van der Waals surface area contributed by atoms with Crippen molar-refractivity contribution in [1.29, 1.82) is 0 Å². The summed E-state index contributed by atoms with van der Waals surface area (Å²) in [6, 6.07) is 7.32. The van der Waals surface area contributed by atoms with Crippen molar-refractivity contribution in [3.8, 4) is 0 Å². The second-order valence-corrected chi connectivity index (χ2v) is 4.38. The van der Waals surface area contributed by atoms with Crippen LogP contribution in [0.4, 0.5) is 4.79 Å². The summed E-state index contributed by atoms with van der Waals surface area (Å²) in [5.74, 6) is -1.36. The summed E-state index contributed by atoms with van der Waals surface area (Å²) in [5, 5.41) is 19.9. The van der Waals surface area contributed by atoms with Gasteiger partial charge in [-0.15, -0.1) is 0 Å². The van der Waals surface area contributed by atoms with Crippen molar-refractivity contribution in [2.45, 2.75) is 19.6 Å². The molecule has 104 valence electrons. The highest BCUT2D eigenvalue weighted by Gasteiger charge is 2.15. The van der Waals surface area contributed by atoms with E-state index in [0.717, 1.165) is 11.1 Å². The molecule has 1 aromatic rings. The summed E-state index contributed by atoms with van der Waals surface area (Å²) in [7, 11) is 1.60. The number of rotatable bonds is 5. The van der Waals surface area contributed by atoms with Crippen LogP contribution < -0.4 is 5.32 Å². The van der Waals surface area contributed by atoms with Crippen LogP contribution in [0.3, 0.4) is 0 Å². The number of nitrogens with one attached hydrogen (secondary N) is 1. The molecule has 0 aliphatic heterocycles. The van der Waals surface area contributed by atoms with Crippen LogP contribution in [0.1, 0.15) is 11.1 Å². The Balaban J connectivity index is 2.44. The van der Waals surface area contributed by atoms with Gasteiger partial charge in [0.2, 0.25) is 0 Å². The number of benzene rings is 1. The molecular formula is C13H18N2O4. The highest BCUT2D eigenvalue weighted by Crippen LogP contribution is 2.05. The normalized spacial score (nSPS) is 11.7. The van der Waals surface area contributed by atoms with Gasteiger partial charge in [0.05, 0.1) is 6.54 Å². The quantitative estimate of drug-likeness (QED) is 0.727. The van der Waals surface area contributed by atoms with Gasteiger partial charge in [0, 0.05) is 13.6 Å². The van der Waals surface area contributed by atoms with E-state index in [2.05, 4.69) is 5.32 Å². The monoisotopic (exact) mass is 266 g/mol. The van der Waals surface area contributed by atoms with Gasteiger partial charge in [-0.1, -0.05) is 29.8 Å². The van der Waals surface area contributed by atoms with E-state index in [1.54, 1.807) is 7.05 Å². The lowest BCUT2D eigenvalue weighted by Gasteiger charge is -2.18. The van der Waals surface area contributed by atoms with Crippen LogP contribution >= 0.6 is 0 Å². The zero-order valence-corrected chi connectivity index (χ0v) is 11.0. The van der Waals surface area contributed by atoms with Crippen LogP contribution in [0.5, 0.6) is 0 Å². The Morgan fingerprint density at radius 1 is 1.32 bits per heavy atom. The molecule has 3 N–H and O–H groups in total. The zero-order chi connectivity index (χ0) is 14.4. The number of nitrogens with zero attached hydrogens (tertiary/aromatic N) is 1. The van der Waals surface area contributed by atoms with Crippen molar-refractivity contribution in [2.75, 3.05) is 13.6 Å². The van der Waals surface area contributed by atoms with Gasteiger partial charge >= 0.3 is 12.0 Å². The molecule has 0 aromatic heterocycles. The molecule has 19 heavy (non-hydrogen) atoms. The summed E-state index contributed by atoms with van der Waals surface area (Å²) < 4.78 is 0. The van der Waals surface area contributed by atoms with Gasteiger partial charge in [-0.3, -0.25) is 0 Å². The van der Waals surface area contributed by atoms with E-state index >= 15 is 0 Å². The summed E-state index contributed by atoms with van der Waals surface area (Å²) in [6.45, 7) is 2.08. The lowest BCUT2D eigenvalue weighted by molar-refractivity contribution is -0.146. The molecule has 1 atom stereocenters. The first-order valence-corrected chi connectivity index (χ1v) is 5.85. The molecule has 6 heteroatoms. The van der Waals surface area contributed by atoms with Crippen molar-refractivity contribution in [1.82, 2.24) is 10.2 Å². The minimum Gasteiger partial charge on any atom is -0.479 e. The number of aliphatic carboxylic acids is 1. The number of amides is 2. The number of aryl methyl sites for hydroxylation is 1. The number of carbonyl (C=O) groups excluding carboxylic acids is 1. The number of carbonyl (C=O) groups is 2. The van der Waals surface area contributed by atoms with E-state index in [0.29, 0.717) is 6.54 Å². The van der Waals surface area contributed by atoms with E-state index in [-0.39, 0.29) is 6.54 Å². The SMILES string of the molecule is Cc1ccc(CN(C)C(=O)NCC(O)C(=O)O)cc1. The molecule has 2 amide bonds. The molecule has 0 aliphatic rings.